The fourth-order valence-corrected chi connectivity index (χ4v) is 6.97. The average molecular weight is 518 g/mol. The van der Waals surface area contributed by atoms with Gasteiger partial charge in [-0.15, -0.1) is 4.59 Å². The molecule has 0 radical (unpaired) electrons. The molecule has 0 spiro atoms. The van der Waals surface area contributed by atoms with Crippen molar-refractivity contribution in [2.75, 3.05) is 0 Å². The van der Waals surface area contributed by atoms with Crippen LogP contribution in [0.3, 0.4) is 0 Å². The van der Waals surface area contributed by atoms with Crippen LogP contribution in [-0.4, -0.2) is 39.2 Å². The molecule has 4 heterocycles. The van der Waals surface area contributed by atoms with Crippen molar-refractivity contribution >= 4 is 23.5 Å². The fourth-order valence-electron chi connectivity index (χ4n) is 6.97. The lowest BCUT2D eigenvalue weighted by Crippen LogP contribution is -2.54. The molecule has 1 unspecified atom stereocenters. The molecule has 1 atom stereocenters. The van der Waals surface area contributed by atoms with Gasteiger partial charge in [-0.3, -0.25) is 9.59 Å². The van der Waals surface area contributed by atoms with Crippen molar-refractivity contribution in [1.29, 1.82) is 0 Å². The molecule has 2 aliphatic heterocycles. The summed E-state index contributed by atoms with van der Waals surface area (Å²) in [4.78, 5) is 34.2. The zero-order valence-corrected chi connectivity index (χ0v) is 23.6. The Morgan fingerprint density at radius 2 is 1.84 bits per heavy atom. The number of fused-ring (bicyclic) bond motifs is 1. The lowest BCUT2D eigenvalue weighted by atomic mass is 9.82. The molecule has 4 N–H and O–H groups in total. The number of aryl methyl sites for hydroxylation is 2. The molecule has 2 aromatic heterocycles. The smallest absolute Gasteiger partial charge is 0.265 e. The van der Waals surface area contributed by atoms with Crippen molar-refractivity contribution in [2.45, 2.75) is 104 Å². The van der Waals surface area contributed by atoms with Gasteiger partial charge in [-0.1, -0.05) is 17.6 Å². The van der Waals surface area contributed by atoms with Crippen molar-refractivity contribution in [2.24, 2.45) is 10.8 Å². The number of aromatic nitrogens is 2. The Balaban J connectivity index is 1.73. The summed E-state index contributed by atoms with van der Waals surface area (Å²) in [6, 6.07) is 4.01. The van der Waals surface area contributed by atoms with Gasteiger partial charge in [0.25, 0.3) is 11.4 Å². The number of nitrogens with one attached hydrogen (secondary N) is 2. The molecule has 1 amide bonds. The van der Waals surface area contributed by atoms with Gasteiger partial charge < -0.3 is 16.0 Å². The number of hydrogen-bond donors (Lipinski definition) is 3. The van der Waals surface area contributed by atoms with E-state index in [0.717, 1.165) is 60.4 Å². The van der Waals surface area contributed by atoms with Crippen molar-refractivity contribution in [1.82, 2.24) is 19.9 Å². The third-order valence-corrected chi connectivity index (χ3v) is 8.29. The molecule has 5 rings (SSSR count). The SMILES string of the molecule is Cc1cc(C)c(C[N+]2(C3CCCCC3)N=Cc3c(C(N)=O)cc(C4=CC(C)(C)NC(C)(C)C4)nc32)c(=O)[nH]1. The van der Waals surface area contributed by atoms with Crippen LogP contribution >= 0.6 is 0 Å². The van der Waals surface area contributed by atoms with Crippen LogP contribution in [-0.2, 0) is 6.54 Å². The third kappa shape index (κ3) is 4.76. The molecule has 1 fully saturated rings. The Morgan fingerprint density at radius 1 is 1.13 bits per heavy atom. The summed E-state index contributed by atoms with van der Waals surface area (Å²) in [5, 5.41) is 8.78. The molecule has 202 valence electrons. The first-order valence-electron chi connectivity index (χ1n) is 13.8. The minimum absolute atomic E-state index is 0.0877. The van der Waals surface area contributed by atoms with E-state index in [-0.39, 0.29) is 27.3 Å². The lowest BCUT2D eigenvalue weighted by Gasteiger charge is -2.41. The highest BCUT2D eigenvalue weighted by atomic mass is 16.1. The summed E-state index contributed by atoms with van der Waals surface area (Å²) >= 11 is 0. The van der Waals surface area contributed by atoms with Gasteiger partial charge in [-0.2, -0.15) is 4.98 Å². The van der Waals surface area contributed by atoms with Crippen molar-refractivity contribution in [3.05, 3.63) is 62.2 Å². The number of nitrogens with two attached hydrogens (primary N) is 1. The van der Waals surface area contributed by atoms with Gasteiger partial charge in [-0.25, -0.2) is 0 Å². The van der Waals surface area contributed by atoms with Gasteiger partial charge in [0.15, 0.2) is 0 Å². The molecular weight excluding hydrogens is 476 g/mol. The predicted molar refractivity (Wildman–Crippen MR) is 153 cm³/mol. The normalized spacial score (nSPS) is 24.2. The van der Waals surface area contributed by atoms with Crippen LogP contribution in [0.5, 0.6) is 0 Å². The highest BCUT2D eigenvalue weighted by molar-refractivity contribution is 6.06. The first-order valence-corrected chi connectivity index (χ1v) is 13.8. The Morgan fingerprint density at radius 3 is 2.47 bits per heavy atom. The quantitative estimate of drug-likeness (QED) is 0.503. The fraction of sp³-hybridized carbons (Fsp3) is 0.533. The standard InChI is InChI=1S/C30H40N6O2/c1-18-12-19(2)33-28(38)24(18)17-36(21-10-8-7-9-11-21)27-23(16-32-36)22(26(31)37)13-25(34-27)20-14-29(3,4)35-30(5,6)15-20/h12-14,16,21,35H,7-11,15,17H2,1-6H3,(H2-,31,33,37,38)/p+1. The van der Waals surface area contributed by atoms with Gasteiger partial charge >= 0.3 is 0 Å². The van der Waals surface area contributed by atoms with E-state index >= 15 is 0 Å². The van der Waals surface area contributed by atoms with Crippen LogP contribution in [0.2, 0.25) is 0 Å². The van der Waals surface area contributed by atoms with Gasteiger partial charge in [0.2, 0.25) is 5.91 Å². The molecule has 38 heavy (non-hydrogen) atoms. The van der Waals surface area contributed by atoms with Crippen LogP contribution in [0.25, 0.3) is 5.57 Å². The van der Waals surface area contributed by atoms with Gasteiger partial charge in [0.1, 0.15) is 12.6 Å². The van der Waals surface area contributed by atoms with Gasteiger partial charge in [0.05, 0.1) is 28.6 Å². The highest BCUT2D eigenvalue weighted by Gasteiger charge is 2.49. The van der Waals surface area contributed by atoms with Crippen molar-refractivity contribution in [3.8, 4) is 0 Å². The number of nitrogens with zero attached hydrogens (tertiary/aromatic N) is 3. The number of hydrogen-bond acceptors (Lipinski definition) is 5. The summed E-state index contributed by atoms with van der Waals surface area (Å²) in [5.41, 5.74) is 11.0. The number of quaternary nitrogens is 1. The minimum atomic E-state index is -0.489. The third-order valence-electron chi connectivity index (χ3n) is 8.29. The van der Waals surface area contributed by atoms with Crippen LogP contribution < -0.4 is 21.2 Å². The maximum atomic E-state index is 13.2. The molecule has 1 aliphatic carbocycles. The highest BCUT2D eigenvalue weighted by Crippen LogP contribution is 2.43. The summed E-state index contributed by atoms with van der Waals surface area (Å²) in [6.07, 6.45) is 10.1. The number of pyridine rings is 2. The number of H-pyrrole nitrogens is 1. The number of aromatic amines is 1. The van der Waals surface area contributed by atoms with Crippen molar-refractivity contribution < 1.29 is 4.79 Å². The topological polar surface area (TPSA) is 113 Å². The monoisotopic (exact) mass is 517 g/mol. The zero-order chi connectivity index (χ0) is 27.5. The van der Waals surface area contributed by atoms with Crippen LogP contribution in [0, 0.1) is 13.8 Å². The van der Waals surface area contributed by atoms with Crippen LogP contribution in [0.15, 0.2) is 28.1 Å². The maximum Gasteiger partial charge on any atom is 0.265 e. The molecular formula is C30H41N6O2+. The zero-order valence-electron chi connectivity index (χ0n) is 23.6. The second kappa shape index (κ2) is 9.27. The molecule has 8 heteroatoms. The molecule has 0 saturated heterocycles. The second-order valence-corrected chi connectivity index (χ2v) is 12.7. The summed E-state index contributed by atoms with van der Waals surface area (Å²) in [5.74, 6) is 0.245. The molecule has 0 bridgehead atoms. The summed E-state index contributed by atoms with van der Waals surface area (Å²) in [7, 11) is 0. The minimum Gasteiger partial charge on any atom is -0.366 e. The van der Waals surface area contributed by atoms with E-state index in [4.69, 9.17) is 15.8 Å². The van der Waals surface area contributed by atoms with Gasteiger partial charge in [-0.05, 0) is 84.1 Å². The van der Waals surface area contributed by atoms with E-state index in [0.29, 0.717) is 23.2 Å². The van der Waals surface area contributed by atoms with Gasteiger partial charge in [0, 0.05) is 29.6 Å². The first-order chi connectivity index (χ1) is 17.8. The number of rotatable bonds is 5. The van der Waals surface area contributed by atoms with E-state index < -0.39 is 5.91 Å². The number of amides is 1. The van der Waals surface area contributed by atoms with E-state index in [1.807, 2.05) is 26.0 Å². The Hall–Kier alpha value is -3.10. The summed E-state index contributed by atoms with van der Waals surface area (Å²) in [6.45, 7) is 12.9. The molecule has 3 aliphatic rings. The molecule has 2 aromatic rings. The largest absolute Gasteiger partial charge is 0.366 e. The molecule has 8 nitrogen and oxygen atoms in total. The van der Waals surface area contributed by atoms with Crippen molar-refractivity contribution in [3.63, 3.8) is 0 Å². The predicted octanol–water partition coefficient (Wildman–Crippen LogP) is 4.61. The van der Waals surface area contributed by atoms with E-state index in [2.05, 4.69) is 44.1 Å². The molecule has 1 saturated carbocycles. The Bertz CT molecular complexity index is 1410. The van der Waals surface area contributed by atoms with E-state index in [1.165, 1.54) is 6.42 Å². The summed E-state index contributed by atoms with van der Waals surface area (Å²) < 4.78 is 0.203. The second-order valence-electron chi connectivity index (χ2n) is 12.7. The van der Waals surface area contributed by atoms with E-state index in [1.54, 1.807) is 6.21 Å². The lowest BCUT2D eigenvalue weighted by molar-refractivity contribution is 0.0999. The maximum absolute atomic E-state index is 13.2. The Kier molecular flexibility index (Phi) is 6.47. The number of carbonyl (C=O) groups is 1. The number of carbonyl (C=O) groups excluding carboxylic acids is 1. The number of primary amides is 1. The molecule has 0 aromatic carbocycles. The Labute approximate surface area is 225 Å². The van der Waals surface area contributed by atoms with Crippen LogP contribution in [0.4, 0.5) is 5.82 Å². The first kappa shape index (κ1) is 26.5. The van der Waals surface area contributed by atoms with E-state index in [9.17, 15) is 9.59 Å². The average Bonchev–Trinajstić information content (AvgIpc) is 3.18. The van der Waals surface area contributed by atoms with Crippen LogP contribution in [0.1, 0.15) is 105 Å².